The van der Waals surface area contributed by atoms with Gasteiger partial charge >= 0.3 is 0 Å². The van der Waals surface area contributed by atoms with Crippen LogP contribution in [0.3, 0.4) is 0 Å². The number of nitrogens with one attached hydrogen (secondary N) is 1. The van der Waals surface area contributed by atoms with Crippen LogP contribution >= 0.6 is 0 Å². The second-order valence-corrected chi connectivity index (χ2v) is 6.22. The van der Waals surface area contributed by atoms with Gasteiger partial charge in [-0.1, -0.05) is 6.07 Å². The summed E-state index contributed by atoms with van der Waals surface area (Å²) in [5.74, 6) is 2.22. The number of ether oxygens (including phenoxy) is 3. The van der Waals surface area contributed by atoms with E-state index in [9.17, 15) is 4.79 Å². The normalized spacial score (nSPS) is 16.4. The Kier molecular flexibility index (Phi) is 4.57. The average Bonchev–Trinajstić information content (AvgIpc) is 3.03. The molecule has 1 aromatic heterocycles. The zero-order valence-electron chi connectivity index (χ0n) is 15.1. The van der Waals surface area contributed by atoms with E-state index in [4.69, 9.17) is 14.2 Å². The van der Waals surface area contributed by atoms with Gasteiger partial charge in [0.25, 0.3) is 0 Å². The molecule has 0 radical (unpaired) electrons. The van der Waals surface area contributed by atoms with Gasteiger partial charge in [-0.2, -0.15) is 5.10 Å². The fraction of sp³-hybridized carbons (Fsp3) is 0.444. The molecule has 25 heavy (non-hydrogen) atoms. The third-order valence-electron chi connectivity index (χ3n) is 4.45. The molecule has 7 nitrogen and oxygen atoms in total. The van der Waals surface area contributed by atoms with E-state index >= 15 is 0 Å². The van der Waals surface area contributed by atoms with Gasteiger partial charge in [-0.15, -0.1) is 0 Å². The van der Waals surface area contributed by atoms with Crippen molar-refractivity contribution in [3.05, 3.63) is 29.5 Å². The van der Waals surface area contributed by atoms with Crippen LogP contribution in [0.5, 0.6) is 17.2 Å². The second-order valence-electron chi connectivity index (χ2n) is 6.22. The minimum atomic E-state index is -0.161. The molecule has 0 bridgehead atoms. The molecule has 2 heterocycles. The molecule has 0 spiro atoms. The third-order valence-corrected chi connectivity index (χ3v) is 4.45. The lowest BCUT2D eigenvalue weighted by atomic mass is 9.86. The lowest BCUT2D eigenvalue weighted by Gasteiger charge is -2.26. The highest BCUT2D eigenvalue weighted by molar-refractivity contribution is 5.94. The summed E-state index contributed by atoms with van der Waals surface area (Å²) in [4.78, 5) is 12.3. The molecule has 1 aliphatic rings. The third kappa shape index (κ3) is 2.79. The van der Waals surface area contributed by atoms with Crippen molar-refractivity contribution in [1.82, 2.24) is 9.78 Å². The first-order chi connectivity index (χ1) is 12.0. The molecule has 3 rings (SSSR count). The summed E-state index contributed by atoms with van der Waals surface area (Å²) in [5, 5.41) is 7.39. The van der Waals surface area contributed by atoms with Crippen LogP contribution in [0.25, 0.3) is 0 Å². The van der Waals surface area contributed by atoms with Crippen LogP contribution in [-0.4, -0.2) is 37.0 Å². The molecule has 1 unspecified atom stereocenters. The molecule has 1 N–H and O–H groups in total. The number of fused-ring (bicyclic) bond motifs is 1. The summed E-state index contributed by atoms with van der Waals surface area (Å²) in [5.41, 5.74) is 1.85. The van der Waals surface area contributed by atoms with E-state index in [0.717, 1.165) is 16.9 Å². The Balaban J connectivity index is 2.16. The van der Waals surface area contributed by atoms with Gasteiger partial charge in [0.05, 0.1) is 27.5 Å². The Morgan fingerprint density at radius 2 is 1.84 bits per heavy atom. The monoisotopic (exact) mass is 345 g/mol. The highest BCUT2D eigenvalue weighted by Crippen LogP contribution is 2.47. The number of amides is 1. The number of anilines is 1. The van der Waals surface area contributed by atoms with Gasteiger partial charge in [0, 0.05) is 29.5 Å². The van der Waals surface area contributed by atoms with Crippen LogP contribution in [0.15, 0.2) is 18.3 Å². The van der Waals surface area contributed by atoms with Gasteiger partial charge in [0.1, 0.15) is 5.82 Å². The van der Waals surface area contributed by atoms with Gasteiger partial charge in [-0.25, -0.2) is 4.68 Å². The highest BCUT2D eigenvalue weighted by Gasteiger charge is 2.33. The maximum Gasteiger partial charge on any atom is 0.226 e. The molecule has 0 saturated carbocycles. The fourth-order valence-corrected chi connectivity index (χ4v) is 3.31. The van der Waals surface area contributed by atoms with Crippen molar-refractivity contribution in [1.29, 1.82) is 0 Å². The molecular weight excluding hydrogens is 322 g/mol. The smallest absolute Gasteiger partial charge is 0.226 e. The van der Waals surface area contributed by atoms with Gasteiger partial charge in [-0.3, -0.25) is 4.79 Å². The number of rotatable bonds is 5. The number of carbonyl (C=O) groups excluding carboxylic acids is 1. The van der Waals surface area contributed by atoms with E-state index in [1.54, 1.807) is 21.3 Å². The first-order valence-corrected chi connectivity index (χ1v) is 8.17. The minimum absolute atomic E-state index is 0.0447. The van der Waals surface area contributed by atoms with Crippen molar-refractivity contribution in [2.24, 2.45) is 0 Å². The molecule has 0 fully saturated rings. The highest BCUT2D eigenvalue weighted by atomic mass is 16.5. The van der Waals surface area contributed by atoms with Crippen LogP contribution < -0.4 is 19.5 Å². The van der Waals surface area contributed by atoms with Crippen LogP contribution in [0.1, 0.15) is 43.4 Å². The van der Waals surface area contributed by atoms with Crippen molar-refractivity contribution < 1.29 is 19.0 Å². The molecule has 1 amide bonds. The summed E-state index contributed by atoms with van der Waals surface area (Å²) in [6.45, 7) is 4.06. The number of nitrogens with zero attached hydrogens (tertiary/aromatic N) is 2. The molecule has 1 atom stereocenters. The van der Waals surface area contributed by atoms with Crippen molar-refractivity contribution >= 4 is 11.7 Å². The number of hydrogen-bond acceptors (Lipinski definition) is 5. The summed E-state index contributed by atoms with van der Waals surface area (Å²) in [6.07, 6.45) is 2.14. The van der Waals surface area contributed by atoms with Gasteiger partial charge in [0.15, 0.2) is 11.5 Å². The predicted molar refractivity (Wildman–Crippen MR) is 93.8 cm³/mol. The molecule has 134 valence electrons. The Morgan fingerprint density at radius 1 is 1.12 bits per heavy atom. The zero-order chi connectivity index (χ0) is 18.1. The average molecular weight is 345 g/mol. The first-order valence-electron chi connectivity index (χ1n) is 8.17. The number of carbonyl (C=O) groups is 1. The van der Waals surface area contributed by atoms with Gasteiger partial charge in [0.2, 0.25) is 11.7 Å². The topological polar surface area (TPSA) is 74.6 Å². The van der Waals surface area contributed by atoms with Crippen molar-refractivity contribution in [3.8, 4) is 17.2 Å². The number of hydrogen-bond donors (Lipinski definition) is 1. The maximum absolute atomic E-state index is 12.3. The quantitative estimate of drug-likeness (QED) is 0.902. The van der Waals surface area contributed by atoms with E-state index in [0.29, 0.717) is 23.7 Å². The predicted octanol–water partition coefficient (Wildman–Crippen LogP) is 2.96. The molecular formula is C18H23N3O4. The lowest BCUT2D eigenvalue weighted by Crippen LogP contribution is -2.25. The molecule has 1 aliphatic heterocycles. The SMILES string of the molecule is COc1ccc(C2CC(=O)Nc3c2cnn3C(C)C)c(OC)c1OC. The van der Waals surface area contributed by atoms with Crippen molar-refractivity contribution in [3.63, 3.8) is 0 Å². The number of benzene rings is 1. The van der Waals surface area contributed by atoms with E-state index in [1.165, 1.54) is 0 Å². The van der Waals surface area contributed by atoms with Crippen LogP contribution in [0.2, 0.25) is 0 Å². The Hall–Kier alpha value is -2.70. The molecule has 0 aliphatic carbocycles. The van der Waals surface area contributed by atoms with E-state index in [2.05, 4.69) is 10.4 Å². The molecule has 2 aromatic rings. The summed E-state index contributed by atoms with van der Waals surface area (Å²) >= 11 is 0. The first kappa shape index (κ1) is 17.1. The Labute approximate surface area is 146 Å². The Morgan fingerprint density at radius 3 is 2.44 bits per heavy atom. The molecule has 1 aromatic carbocycles. The lowest BCUT2D eigenvalue weighted by molar-refractivity contribution is -0.116. The zero-order valence-corrected chi connectivity index (χ0v) is 15.1. The van der Waals surface area contributed by atoms with E-state index in [1.807, 2.05) is 36.9 Å². The van der Waals surface area contributed by atoms with Crippen LogP contribution in [0, 0.1) is 0 Å². The summed E-state index contributed by atoms with van der Waals surface area (Å²) in [6, 6.07) is 3.89. The maximum atomic E-state index is 12.3. The van der Waals surface area contributed by atoms with Crippen molar-refractivity contribution in [2.45, 2.75) is 32.2 Å². The van der Waals surface area contributed by atoms with Crippen LogP contribution in [0.4, 0.5) is 5.82 Å². The fourth-order valence-electron chi connectivity index (χ4n) is 3.31. The van der Waals surface area contributed by atoms with Crippen molar-refractivity contribution in [2.75, 3.05) is 26.6 Å². The van der Waals surface area contributed by atoms with Crippen LogP contribution in [-0.2, 0) is 4.79 Å². The molecule has 7 heteroatoms. The second kappa shape index (κ2) is 6.66. The van der Waals surface area contributed by atoms with E-state index in [-0.39, 0.29) is 17.9 Å². The number of methoxy groups -OCH3 is 3. The van der Waals surface area contributed by atoms with E-state index < -0.39 is 0 Å². The summed E-state index contributed by atoms with van der Waals surface area (Å²) in [7, 11) is 4.73. The Bertz CT molecular complexity index is 798. The number of aromatic nitrogens is 2. The standard InChI is InChI=1S/C18H23N3O4/c1-10(2)21-18-13(9-19-21)12(8-15(22)20-18)11-6-7-14(23-3)17(25-5)16(11)24-4/h6-7,9-10,12H,8H2,1-5H3,(H,20,22). The van der Waals surface area contributed by atoms with Gasteiger partial charge < -0.3 is 19.5 Å². The summed E-state index contributed by atoms with van der Waals surface area (Å²) < 4.78 is 18.3. The minimum Gasteiger partial charge on any atom is -0.493 e. The largest absolute Gasteiger partial charge is 0.493 e. The van der Waals surface area contributed by atoms with Gasteiger partial charge in [-0.05, 0) is 19.9 Å². The molecule has 0 saturated heterocycles.